The number of esters is 1. The third-order valence-corrected chi connectivity index (χ3v) is 3.25. The quantitative estimate of drug-likeness (QED) is 0.583. The lowest BCUT2D eigenvalue weighted by Gasteiger charge is -2.06. The van der Waals surface area contributed by atoms with Crippen LogP contribution >= 0.6 is 0 Å². The second-order valence-corrected chi connectivity index (χ2v) is 4.58. The summed E-state index contributed by atoms with van der Waals surface area (Å²) in [5.41, 5.74) is -0.383. The molecule has 22 heavy (non-hydrogen) atoms. The Balaban J connectivity index is 2.41. The molecule has 2 aromatic heterocycles. The molecule has 5 nitrogen and oxygen atoms in total. The number of pyridine rings is 2. The highest BCUT2D eigenvalue weighted by Gasteiger charge is 2.17. The average Bonchev–Trinajstić information content (AvgIpc) is 2.48. The Morgan fingerprint density at radius 2 is 2.05 bits per heavy atom. The number of aromatic nitrogens is 2. The Morgan fingerprint density at radius 1 is 1.32 bits per heavy atom. The minimum absolute atomic E-state index is 0.0643. The molecule has 112 valence electrons. The van der Waals surface area contributed by atoms with Crippen LogP contribution in [-0.2, 0) is 4.74 Å². The predicted molar refractivity (Wildman–Crippen MR) is 75.7 cm³/mol. The number of hydrogen-bond donors (Lipinski definition) is 1. The number of H-pyrrole nitrogens is 1. The van der Waals surface area contributed by atoms with E-state index < -0.39 is 23.0 Å². The highest BCUT2D eigenvalue weighted by molar-refractivity contribution is 6.06. The molecule has 0 unspecified atom stereocenters. The van der Waals surface area contributed by atoms with E-state index in [1.807, 2.05) is 0 Å². The Morgan fingerprint density at radius 3 is 2.77 bits per heavy atom. The Bertz CT molecular complexity index is 966. The number of hydrogen-bond acceptors (Lipinski definition) is 4. The lowest BCUT2D eigenvalue weighted by Crippen LogP contribution is -2.18. The fraction of sp³-hybridized carbons (Fsp3) is 0.133. The largest absolute Gasteiger partial charge is 0.462 e. The molecule has 2 heterocycles. The minimum Gasteiger partial charge on any atom is -0.462 e. The van der Waals surface area contributed by atoms with Crippen molar-refractivity contribution in [2.45, 2.75) is 6.92 Å². The molecule has 3 aromatic rings. The first-order valence-electron chi connectivity index (χ1n) is 6.49. The van der Waals surface area contributed by atoms with E-state index in [4.69, 9.17) is 4.74 Å². The zero-order valence-corrected chi connectivity index (χ0v) is 11.4. The number of benzene rings is 1. The Labute approximate surface area is 122 Å². The van der Waals surface area contributed by atoms with Crippen molar-refractivity contribution in [3.63, 3.8) is 0 Å². The van der Waals surface area contributed by atoms with E-state index in [-0.39, 0.29) is 28.5 Å². The van der Waals surface area contributed by atoms with Gasteiger partial charge in [0.15, 0.2) is 11.6 Å². The van der Waals surface area contributed by atoms with E-state index in [0.717, 1.165) is 12.1 Å². The van der Waals surface area contributed by atoms with Gasteiger partial charge in [0.2, 0.25) is 5.43 Å². The molecule has 0 atom stereocenters. The second-order valence-electron chi connectivity index (χ2n) is 4.58. The van der Waals surface area contributed by atoms with Gasteiger partial charge < -0.3 is 9.72 Å². The van der Waals surface area contributed by atoms with E-state index in [1.54, 1.807) is 6.92 Å². The van der Waals surface area contributed by atoms with Crippen LogP contribution in [0.3, 0.4) is 0 Å². The van der Waals surface area contributed by atoms with E-state index >= 15 is 0 Å². The monoisotopic (exact) mass is 304 g/mol. The molecule has 3 rings (SSSR count). The highest BCUT2D eigenvalue weighted by atomic mass is 19.2. The Kier molecular flexibility index (Phi) is 3.32. The summed E-state index contributed by atoms with van der Waals surface area (Å²) in [5, 5.41) is 0.193. The standard InChI is InChI=1S/C15H10F2N2O3/c1-2-22-15(21)8-5-18-12-6-19-11-4-10(17)9(16)3-7(11)13(12)14(8)20/h3-6H,2H2,1H3,(H,18,20). The van der Waals surface area contributed by atoms with Crippen molar-refractivity contribution in [1.29, 1.82) is 0 Å². The lowest BCUT2D eigenvalue weighted by atomic mass is 10.1. The molecule has 0 aliphatic carbocycles. The van der Waals surface area contributed by atoms with Crippen LogP contribution in [0.4, 0.5) is 8.78 Å². The lowest BCUT2D eigenvalue weighted by molar-refractivity contribution is 0.0524. The third kappa shape index (κ3) is 2.11. The van der Waals surface area contributed by atoms with Gasteiger partial charge in [0.05, 0.1) is 29.2 Å². The maximum Gasteiger partial charge on any atom is 0.343 e. The molecule has 0 saturated carbocycles. The van der Waals surface area contributed by atoms with Crippen LogP contribution in [-0.4, -0.2) is 22.5 Å². The number of ether oxygens (including phenoxy) is 1. The molecule has 1 N–H and O–H groups in total. The zero-order chi connectivity index (χ0) is 15.9. The van der Waals surface area contributed by atoms with Crippen LogP contribution in [0.1, 0.15) is 17.3 Å². The molecule has 1 aromatic carbocycles. The van der Waals surface area contributed by atoms with Gasteiger partial charge in [0, 0.05) is 17.6 Å². The van der Waals surface area contributed by atoms with Gasteiger partial charge in [-0.25, -0.2) is 13.6 Å². The van der Waals surface area contributed by atoms with Crippen LogP contribution in [0, 0.1) is 11.6 Å². The first-order chi connectivity index (χ1) is 10.5. The number of aromatic amines is 1. The molecule has 0 fully saturated rings. The average molecular weight is 304 g/mol. The normalized spacial score (nSPS) is 11.0. The number of carbonyl (C=O) groups excluding carboxylic acids is 1. The van der Waals surface area contributed by atoms with Gasteiger partial charge in [0.25, 0.3) is 0 Å². The maximum atomic E-state index is 13.5. The number of halogens is 2. The van der Waals surface area contributed by atoms with Crippen molar-refractivity contribution in [2.75, 3.05) is 6.61 Å². The van der Waals surface area contributed by atoms with Crippen molar-refractivity contribution < 1.29 is 18.3 Å². The fourth-order valence-electron chi connectivity index (χ4n) is 2.25. The maximum absolute atomic E-state index is 13.5. The third-order valence-electron chi connectivity index (χ3n) is 3.25. The molecule has 0 aliphatic rings. The van der Waals surface area contributed by atoms with Gasteiger partial charge in [-0.05, 0) is 13.0 Å². The Hall–Kier alpha value is -2.83. The van der Waals surface area contributed by atoms with Gasteiger partial charge in [-0.2, -0.15) is 0 Å². The molecule has 0 saturated heterocycles. The molecule has 0 spiro atoms. The van der Waals surface area contributed by atoms with Crippen LogP contribution in [0.15, 0.2) is 29.3 Å². The van der Waals surface area contributed by atoms with Crippen molar-refractivity contribution in [1.82, 2.24) is 9.97 Å². The van der Waals surface area contributed by atoms with Gasteiger partial charge in [-0.1, -0.05) is 0 Å². The summed E-state index contributed by atoms with van der Waals surface area (Å²) in [4.78, 5) is 31.0. The summed E-state index contributed by atoms with van der Waals surface area (Å²) >= 11 is 0. The zero-order valence-electron chi connectivity index (χ0n) is 11.4. The van der Waals surface area contributed by atoms with Crippen molar-refractivity contribution in [3.8, 4) is 0 Å². The summed E-state index contributed by atoms with van der Waals surface area (Å²) in [6.45, 7) is 1.73. The van der Waals surface area contributed by atoms with Crippen molar-refractivity contribution in [3.05, 3.63) is 51.9 Å². The smallest absolute Gasteiger partial charge is 0.343 e. The van der Waals surface area contributed by atoms with E-state index in [0.29, 0.717) is 5.52 Å². The first kappa shape index (κ1) is 14.1. The van der Waals surface area contributed by atoms with Crippen molar-refractivity contribution >= 4 is 27.8 Å². The molecule has 0 aliphatic heterocycles. The first-order valence-corrected chi connectivity index (χ1v) is 6.49. The SMILES string of the molecule is CCOC(=O)c1c[nH]c2cnc3cc(F)c(F)cc3c2c1=O. The van der Waals surface area contributed by atoms with Crippen molar-refractivity contribution in [2.24, 2.45) is 0 Å². The number of nitrogens with one attached hydrogen (secondary N) is 1. The summed E-state index contributed by atoms with van der Waals surface area (Å²) in [6, 6.07) is 1.80. The predicted octanol–water partition coefficient (Wildman–Crippen LogP) is 2.53. The summed E-state index contributed by atoms with van der Waals surface area (Å²) < 4.78 is 31.6. The summed E-state index contributed by atoms with van der Waals surface area (Å²) in [7, 11) is 0. The molecule has 7 heteroatoms. The van der Waals surface area contributed by atoms with Gasteiger partial charge in [-0.3, -0.25) is 9.78 Å². The van der Waals surface area contributed by atoms with Crippen LogP contribution in [0.5, 0.6) is 0 Å². The second kappa shape index (κ2) is 5.18. The molecular weight excluding hydrogens is 294 g/mol. The van der Waals surface area contributed by atoms with E-state index in [2.05, 4.69) is 9.97 Å². The van der Waals surface area contributed by atoms with Gasteiger partial charge in [0.1, 0.15) is 5.56 Å². The fourth-order valence-corrected chi connectivity index (χ4v) is 2.25. The number of rotatable bonds is 2. The van der Waals surface area contributed by atoms with E-state index in [1.165, 1.54) is 12.4 Å². The number of fused-ring (bicyclic) bond motifs is 3. The molecule has 0 amide bonds. The summed E-state index contributed by atoms with van der Waals surface area (Å²) in [5.74, 6) is -2.93. The van der Waals surface area contributed by atoms with E-state index in [9.17, 15) is 18.4 Å². The van der Waals surface area contributed by atoms with Crippen LogP contribution < -0.4 is 5.43 Å². The number of nitrogens with zero attached hydrogens (tertiary/aromatic N) is 1. The minimum atomic E-state index is -1.09. The topological polar surface area (TPSA) is 72.1 Å². The number of carbonyl (C=O) groups is 1. The van der Waals surface area contributed by atoms with Gasteiger partial charge >= 0.3 is 5.97 Å². The molecule has 0 radical (unpaired) electrons. The van der Waals surface area contributed by atoms with Crippen LogP contribution in [0.25, 0.3) is 21.8 Å². The van der Waals surface area contributed by atoms with Gasteiger partial charge in [-0.15, -0.1) is 0 Å². The summed E-state index contributed by atoms with van der Waals surface area (Å²) in [6.07, 6.45) is 2.54. The highest BCUT2D eigenvalue weighted by Crippen LogP contribution is 2.22. The molecule has 0 bridgehead atoms. The van der Waals surface area contributed by atoms with Crippen LogP contribution in [0.2, 0.25) is 0 Å². The molecular formula is C15H10F2N2O3.